The van der Waals surface area contributed by atoms with Gasteiger partial charge in [-0.25, -0.2) is 4.68 Å². The molecule has 0 atom stereocenters. The second-order valence-corrected chi connectivity index (χ2v) is 7.53. The van der Waals surface area contributed by atoms with Gasteiger partial charge in [0.2, 0.25) is 0 Å². The number of hydrogen-bond acceptors (Lipinski definition) is 3. The smallest absolute Gasteiger partial charge is 0.280 e. The molecule has 5 aromatic rings. The number of nitrogens with zero attached hydrogens (tertiary/aromatic N) is 2. The van der Waals surface area contributed by atoms with Crippen molar-refractivity contribution in [2.45, 2.75) is 13.5 Å². The summed E-state index contributed by atoms with van der Waals surface area (Å²) >= 11 is 0. The highest BCUT2D eigenvalue weighted by atomic mass is 16.1. The Hall–Kier alpha value is -4.19. The first-order valence-electron chi connectivity index (χ1n) is 10.0. The molecule has 2 heterocycles. The van der Waals surface area contributed by atoms with Crippen LogP contribution in [0, 0.1) is 6.92 Å². The quantitative estimate of drug-likeness (QED) is 0.470. The number of amides is 1. The fourth-order valence-corrected chi connectivity index (χ4v) is 3.66. The van der Waals surface area contributed by atoms with Gasteiger partial charge in [-0.15, -0.1) is 0 Å². The summed E-state index contributed by atoms with van der Waals surface area (Å²) in [6.07, 6.45) is 1.58. The number of benzene rings is 3. The van der Waals surface area contributed by atoms with Gasteiger partial charge in [-0.05, 0) is 42.8 Å². The molecule has 0 unspecified atom stereocenters. The zero-order chi connectivity index (χ0) is 21.4. The van der Waals surface area contributed by atoms with Gasteiger partial charge in [-0.2, -0.15) is 0 Å². The lowest BCUT2D eigenvalue weighted by atomic mass is 10.1. The second kappa shape index (κ2) is 7.57. The molecular formula is C25H20N4O2. The number of H-pyrrole nitrogens is 1. The van der Waals surface area contributed by atoms with Crippen molar-refractivity contribution in [3.05, 3.63) is 106 Å². The van der Waals surface area contributed by atoms with E-state index in [1.54, 1.807) is 24.4 Å². The van der Waals surface area contributed by atoms with Crippen LogP contribution in [0.2, 0.25) is 0 Å². The van der Waals surface area contributed by atoms with Gasteiger partial charge in [0.25, 0.3) is 11.5 Å². The Bertz CT molecular complexity index is 1470. The molecule has 0 radical (unpaired) electrons. The van der Waals surface area contributed by atoms with Crippen LogP contribution < -0.4 is 10.9 Å². The first kappa shape index (κ1) is 18.8. The van der Waals surface area contributed by atoms with Crippen LogP contribution in [0.25, 0.3) is 27.5 Å². The zero-order valence-electron chi connectivity index (χ0n) is 16.9. The summed E-state index contributed by atoms with van der Waals surface area (Å²) in [5.74, 6) is -0.178. The first-order chi connectivity index (χ1) is 15.1. The van der Waals surface area contributed by atoms with E-state index in [0.717, 1.165) is 22.2 Å². The summed E-state index contributed by atoms with van der Waals surface area (Å²) in [4.78, 5) is 30.1. The van der Waals surface area contributed by atoms with Gasteiger partial charge in [0.05, 0.1) is 22.1 Å². The molecule has 0 aliphatic rings. The maximum atomic E-state index is 12.9. The minimum absolute atomic E-state index is 0.174. The minimum atomic E-state index is -0.178. The van der Waals surface area contributed by atoms with Crippen molar-refractivity contribution in [3.8, 4) is 5.69 Å². The SMILES string of the molecule is Cc1ccc(-n2[nH]c3c(cnc4ccc(C(=O)NCc5ccccc5)cc43)c2=O)cc1. The maximum absolute atomic E-state index is 12.9. The van der Waals surface area contributed by atoms with Crippen molar-refractivity contribution < 1.29 is 4.79 Å². The summed E-state index contributed by atoms with van der Waals surface area (Å²) in [7, 11) is 0. The number of fused-ring (bicyclic) bond motifs is 3. The Morgan fingerprint density at radius 2 is 1.77 bits per heavy atom. The molecule has 0 bridgehead atoms. The molecule has 2 N–H and O–H groups in total. The van der Waals surface area contributed by atoms with Crippen LogP contribution in [0.15, 0.2) is 83.8 Å². The van der Waals surface area contributed by atoms with Crippen LogP contribution >= 0.6 is 0 Å². The average Bonchev–Trinajstić information content (AvgIpc) is 3.15. The van der Waals surface area contributed by atoms with Crippen molar-refractivity contribution in [1.82, 2.24) is 20.1 Å². The van der Waals surface area contributed by atoms with Gasteiger partial charge < -0.3 is 5.32 Å². The molecule has 0 saturated carbocycles. The third kappa shape index (κ3) is 3.48. The Labute approximate surface area is 178 Å². The number of aromatic nitrogens is 3. The third-order valence-corrected chi connectivity index (χ3v) is 5.38. The van der Waals surface area contributed by atoms with Crippen LogP contribution in [0.1, 0.15) is 21.5 Å². The van der Waals surface area contributed by atoms with E-state index in [2.05, 4.69) is 15.4 Å². The molecule has 0 aliphatic heterocycles. The lowest BCUT2D eigenvalue weighted by molar-refractivity contribution is 0.0951. The number of aryl methyl sites for hydroxylation is 1. The summed E-state index contributed by atoms with van der Waals surface area (Å²) in [6.45, 7) is 2.44. The second-order valence-electron chi connectivity index (χ2n) is 7.53. The van der Waals surface area contributed by atoms with Crippen LogP contribution in [-0.4, -0.2) is 20.7 Å². The molecule has 0 aliphatic carbocycles. The Balaban J connectivity index is 1.54. The number of rotatable bonds is 4. The van der Waals surface area contributed by atoms with Crippen molar-refractivity contribution in [1.29, 1.82) is 0 Å². The maximum Gasteiger partial charge on any atom is 0.280 e. The molecule has 0 spiro atoms. The molecular weight excluding hydrogens is 388 g/mol. The Morgan fingerprint density at radius 1 is 1.00 bits per heavy atom. The van der Waals surface area contributed by atoms with E-state index in [1.807, 2.05) is 61.5 Å². The minimum Gasteiger partial charge on any atom is -0.348 e. The standard InChI is InChI=1S/C25H20N4O2/c1-16-7-10-19(11-8-16)29-25(31)21-15-26-22-12-9-18(13-20(22)23(21)28-29)24(30)27-14-17-5-3-2-4-6-17/h2-13,15,28H,14H2,1H3,(H,27,30). The highest BCUT2D eigenvalue weighted by Gasteiger charge is 2.14. The summed E-state index contributed by atoms with van der Waals surface area (Å²) in [5.41, 5.74) is 4.61. The number of pyridine rings is 1. The summed E-state index contributed by atoms with van der Waals surface area (Å²) in [5, 5.41) is 7.35. The number of hydrogen-bond donors (Lipinski definition) is 2. The van der Waals surface area contributed by atoms with Gasteiger partial charge in [-0.3, -0.25) is 19.7 Å². The number of carbonyl (C=O) groups is 1. The fraction of sp³-hybridized carbons (Fsp3) is 0.0800. The molecule has 0 saturated heterocycles. The van der Waals surface area contributed by atoms with Gasteiger partial charge in [-0.1, -0.05) is 48.0 Å². The van der Waals surface area contributed by atoms with Crippen LogP contribution in [-0.2, 0) is 6.54 Å². The highest BCUT2D eigenvalue weighted by molar-refractivity contribution is 6.06. The van der Waals surface area contributed by atoms with Crippen molar-refractivity contribution >= 4 is 27.7 Å². The molecule has 1 amide bonds. The first-order valence-corrected chi connectivity index (χ1v) is 10.0. The van der Waals surface area contributed by atoms with E-state index in [1.165, 1.54) is 4.68 Å². The van der Waals surface area contributed by atoms with Crippen LogP contribution in [0.4, 0.5) is 0 Å². The molecule has 5 rings (SSSR count). The number of nitrogens with one attached hydrogen (secondary N) is 2. The molecule has 6 heteroatoms. The van der Waals surface area contributed by atoms with E-state index >= 15 is 0 Å². The van der Waals surface area contributed by atoms with E-state index in [-0.39, 0.29) is 11.5 Å². The predicted molar refractivity (Wildman–Crippen MR) is 122 cm³/mol. The molecule has 31 heavy (non-hydrogen) atoms. The molecule has 152 valence electrons. The van der Waals surface area contributed by atoms with Crippen LogP contribution in [0.3, 0.4) is 0 Å². The third-order valence-electron chi connectivity index (χ3n) is 5.38. The van der Waals surface area contributed by atoms with E-state index in [0.29, 0.717) is 28.5 Å². The number of aromatic amines is 1. The van der Waals surface area contributed by atoms with Gasteiger partial charge in [0.15, 0.2) is 0 Å². The van der Waals surface area contributed by atoms with Crippen molar-refractivity contribution in [2.75, 3.05) is 0 Å². The van der Waals surface area contributed by atoms with E-state index in [9.17, 15) is 9.59 Å². The zero-order valence-corrected chi connectivity index (χ0v) is 16.9. The van der Waals surface area contributed by atoms with E-state index in [4.69, 9.17) is 0 Å². The van der Waals surface area contributed by atoms with Gasteiger partial charge >= 0.3 is 0 Å². The average molecular weight is 408 g/mol. The predicted octanol–water partition coefficient (Wildman–Crippen LogP) is 4.11. The van der Waals surface area contributed by atoms with E-state index < -0.39 is 0 Å². The van der Waals surface area contributed by atoms with Crippen molar-refractivity contribution in [3.63, 3.8) is 0 Å². The molecule has 0 fully saturated rings. The number of carbonyl (C=O) groups excluding carboxylic acids is 1. The largest absolute Gasteiger partial charge is 0.348 e. The lowest BCUT2D eigenvalue weighted by Gasteiger charge is -2.07. The van der Waals surface area contributed by atoms with Gasteiger partial charge in [0, 0.05) is 23.7 Å². The van der Waals surface area contributed by atoms with Crippen LogP contribution in [0.5, 0.6) is 0 Å². The molecule has 3 aromatic carbocycles. The molecule has 6 nitrogen and oxygen atoms in total. The summed E-state index contributed by atoms with van der Waals surface area (Å²) in [6, 6.07) is 22.8. The monoisotopic (exact) mass is 408 g/mol. The summed E-state index contributed by atoms with van der Waals surface area (Å²) < 4.78 is 1.51. The topological polar surface area (TPSA) is 79.8 Å². The highest BCUT2D eigenvalue weighted by Crippen LogP contribution is 2.22. The normalized spacial score (nSPS) is 11.1. The lowest BCUT2D eigenvalue weighted by Crippen LogP contribution is -2.22. The Morgan fingerprint density at radius 3 is 2.55 bits per heavy atom. The fourth-order valence-electron chi connectivity index (χ4n) is 3.66. The van der Waals surface area contributed by atoms with Crippen molar-refractivity contribution in [2.24, 2.45) is 0 Å². The molecule has 2 aromatic heterocycles. The van der Waals surface area contributed by atoms with Gasteiger partial charge in [0.1, 0.15) is 0 Å². The Kier molecular flexibility index (Phi) is 4.59.